The summed E-state index contributed by atoms with van der Waals surface area (Å²) in [6.45, 7) is 1.20. The van der Waals surface area contributed by atoms with Crippen LogP contribution in [0, 0.1) is 0 Å². The first-order chi connectivity index (χ1) is 10.6. The van der Waals surface area contributed by atoms with E-state index in [1.807, 2.05) is 17.5 Å². The number of ether oxygens (including phenoxy) is 1. The van der Waals surface area contributed by atoms with Gasteiger partial charge in [0, 0.05) is 31.3 Å². The van der Waals surface area contributed by atoms with Crippen LogP contribution in [0.15, 0.2) is 40.6 Å². The van der Waals surface area contributed by atoms with Gasteiger partial charge in [-0.1, -0.05) is 6.07 Å². The van der Waals surface area contributed by atoms with Crippen molar-refractivity contribution in [3.63, 3.8) is 0 Å². The first kappa shape index (κ1) is 15.0. The second kappa shape index (κ2) is 6.06. The molecule has 1 aliphatic heterocycles. The van der Waals surface area contributed by atoms with Crippen molar-refractivity contribution in [3.8, 4) is 0 Å². The Balaban J connectivity index is 1.92. The van der Waals surface area contributed by atoms with E-state index in [2.05, 4.69) is 5.32 Å². The van der Waals surface area contributed by atoms with Crippen LogP contribution >= 0.6 is 11.3 Å². The van der Waals surface area contributed by atoms with Crippen LogP contribution in [0.2, 0.25) is 0 Å². The number of rotatable bonds is 3. The number of carbonyl (C=O) groups excluding carboxylic acids is 1. The monoisotopic (exact) mass is 318 g/mol. The number of hydrogen-bond donors (Lipinski definition) is 1. The Morgan fingerprint density at radius 1 is 1.32 bits per heavy atom. The molecular formula is C16H18N2O3S. The van der Waals surface area contributed by atoms with E-state index in [0.29, 0.717) is 26.1 Å². The summed E-state index contributed by atoms with van der Waals surface area (Å²) in [6.07, 6.45) is 3.07. The van der Waals surface area contributed by atoms with E-state index in [0.717, 1.165) is 4.88 Å². The molecule has 0 atom stereocenters. The van der Waals surface area contributed by atoms with Crippen molar-refractivity contribution in [1.29, 1.82) is 0 Å². The van der Waals surface area contributed by atoms with E-state index in [9.17, 15) is 9.59 Å². The first-order valence-electron chi connectivity index (χ1n) is 7.22. The molecule has 0 aromatic carbocycles. The SMILES string of the molecule is Cn1cccc(C(=O)NC2(c3cccs3)CCOCC2)c1=O. The Morgan fingerprint density at radius 3 is 2.77 bits per heavy atom. The molecule has 1 fully saturated rings. The molecule has 2 aromatic heterocycles. The van der Waals surface area contributed by atoms with Crippen molar-refractivity contribution < 1.29 is 9.53 Å². The fourth-order valence-corrected chi connectivity index (χ4v) is 3.70. The summed E-state index contributed by atoms with van der Waals surface area (Å²) in [5.41, 5.74) is -0.550. The highest BCUT2D eigenvalue weighted by Gasteiger charge is 2.37. The van der Waals surface area contributed by atoms with Crippen LogP contribution in [0.3, 0.4) is 0 Å². The summed E-state index contributed by atoms with van der Waals surface area (Å²) in [4.78, 5) is 25.9. The van der Waals surface area contributed by atoms with Crippen molar-refractivity contribution in [2.45, 2.75) is 18.4 Å². The maximum atomic E-state index is 12.6. The zero-order valence-electron chi connectivity index (χ0n) is 12.4. The minimum atomic E-state index is -0.440. The predicted molar refractivity (Wildman–Crippen MR) is 85.2 cm³/mol. The lowest BCUT2D eigenvalue weighted by atomic mass is 9.88. The Labute approximate surface area is 132 Å². The first-order valence-corrected chi connectivity index (χ1v) is 8.10. The Hall–Kier alpha value is -1.92. The summed E-state index contributed by atoms with van der Waals surface area (Å²) in [6, 6.07) is 7.28. The molecule has 1 saturated heterocycles. The van der Waals surface area contributed by atoms with Gasteiger partial charge < -0.3 is 14.6 Å². The molecule has 0 saturated carbocycles. The lowest BCUT2D eigenvalue weighted by Crippen LogP contribution is -2.50. The van der Waals surface area contributed by atoms with Gasteiger partial charge in [-0.2, -0.15) is 0 Å². The number of nitrogens with zero attached hydrogens (tertiary/aromatic N) is 1. The molecule has 5 nitrogen and oxygen atoms in total. The average Bonchev–Trinajstić information content (AvgIpc) is 3.06. The second-order valence-corrected chi connectivity index (χ2v) is 6.41. The minimum Gasteiger partial charge on any atom is -0.381 e. The topological polar surface area (TPSA) is 60.3 Å². The molecule has 3 rings (SSSR count). The number of amides is 1. The summed E-state index contributed by atoms with van der Waals surface area (Å²) >= 11 is 1.62. The van der Waals surface area contributed by atoms with Crippen molar-refractivity contribution >= 4 is 17.2 Å². The maximum absolute atomic E-state index is 12.6. The number of nitrogens with one attached hydrogen (secondary N) is 1. The predicted octanol–water partition coefficient (Wildman–Crippen LogP) is 1.88. The van der Waals surface area contributed by atoms with Gasteiger partial charge in [-0.05, 0) is 36.4 Å². The number of pyridine rings is 1. The Bertz CT molecular complexity index is 715. The van der Waals surface area contributed by atoms with Gasteiger partial charge >= 0.3 is 0 Å². The molecule has 0 aliphatic carbocycles. The van der Waals surface area contributed by atoms with Gasteiger partial charge in [0.05, 0.1) is 5.54 Å². The Kier molecular flexibility index (Phi) is 4.13. The number of aromatic nitrogens is 1. The standard InChI is InChI=1S/C16H18N2O3S/c1-18-8-2-4-12(15(18)20)14(19)17-16(6-9-21-10-7-16)13-5-3-11-22-13/h2-5,8,11H,6-7,9-10H2,1H3,(H,17,19). The highest BCUT2D eigenvalue weighted by molar-refractivity contribution is 7.10. The lowest BCUT2D eigenvalue weighted by Gasteiger charge is -2.37. The highest BCUT2D eigenvalue weighted by Crippen LogP contribution is 2.35. The fourth-order valence-electron chi connectivity index (χ4n) is 2.76. The molecule has 22 heavy (non-hydrogen) atoms. The average molecular weight is 318 g/mol. The van der Waals surface area contributed by atoms with Crippen LogP contribution in [-0.2, 0) is 17.3 Å². The third-order valence-corrected chi connectivity index (χ3v) is 5.13. The van der Waals surface area contributed by atoms with Gasteiger partial charge in [0.15, 0.2) is 0 Å². The molecule has 3 heterocycles. The number of aryl methyl sites for hydroxylation is 1. The fraction of sp³-hybridized carbons (Fsp3) is 0.375. The van der Waals surface area contributed by atoms with Crippen molar-refractivity contribution in [1.82, 2.24) is 9.88 Å². The molecule has 0 bridgehead atoms. The summed E-state index contributed by atoms with van der Waals surface area (Å²) in [5.74, 6) is -0.323. The smallest absolute Gasteiger partial charge is 0.263 e. The third kappa shape index (κ3) is 2.71. The third-order valence-electron chi connectivity index (χ3n) is 4.06. The number of hydrogen-bond acceptors (Lipinski definition) is 4. The number of carbonyl (C=O) groups is 1. The Morgan fingerprint density at radius 2 is 2.09 bits per heavy atom. The molecule has 2 aromatic rings. The van der Waals surface area contributed by atoms with E-state index in [1.165, 1.54) is 4.57 Å². The molecule has 6 heteroatoms. The van der Waals surface area contributed by atoms with Crippen LogP contribution in [-0.4, -0.2) is 23.7 Å². The second-order valence-electron chi connectivity index (χ2n) is 5.46. The van der Waals surface area contributed by atoms with E-state index >= 15 is 0 Å². The van der Waals surface area contributed by atoms with Gasteiger partial charge in [0.2, 0.25) is 0 Å². The van der Waals surface area contributed by atoms with Crippen LogP contribution in [0.25, 0.3) is 0 Å². The molecular weight excluding hydrogens is 300 g/mol. The van der Waals surface area contributed by atoms with E-state index in [1.54, 1.807) is 36.7 Å². The summed E-state index contributed by atoms with van der Waals surface area (Å²) in [5, 5.41) is 5.10. The van der Waals surface area contributed by atoms with Crippen molar-refractivity contribution in [2.24, 2.45) is 7.05 Å². The van der Waals surface area contributed by atoms with Crippen LogP contribution < -0.4 is 10.9 Å². The van der Waals surface area contributed by atoms with Gasteiger partial charge in [-0.25, -0.2) is 0 Å². The van der Waals surface area contributed by atoms with Crippen molar-refractivity contribution in [2.75, 3.05) is 13.2 Å². The summed E-state index contributed by atoms with van der Waals surface area (Å²) in [7, 11) is 1.64. The van der Waals surface area contributed by atoms with E-state index < -0.39 is 5.54 Å². The summed E-state index contributed by atoms with van der Waals surface area (Å²) < 4.78 is 6.85. The normalized spacial score (nSPS) is 17.1. The van der Waals surface area contributed by atoms with Crippen LogP contribution in [0.5, 0.6) is 0 Å². The lowest BCUT2D eigenvalue weighted by molar-refractivity contribution is 0.0357. The molecule has 1 amide bonds. The molecule has 1 aliphatic rings. The van der Waals surface area contributed by atoms with Gasteiger partial charge in [-0.3, -0.25) is 9.59 Å². The largest absolute Gasteiger partial charge is 0.381 e. The molecule has 0 unspecified atom stereocenters. The van der Waals surface area contributed by atoms with Gasteiger partial charge in [-0.15, -0.1) is 11.3 Å². The van der Waals surface area contributed by atoms with E-state index in [4.69, 9.17) is 4.74 Å². The highest BCUT2D eigenvalue weighted by atomic mass is 32.1. The van der Waals surface area contributed by atoms with Crippen LogP contribution in [0.1, 0.15) is 28.1 Å². The van der Waals surface area contributed by atoms with Gasteiger partial charge in [0.25, 0.3) is 11.5 Å². The molecule has 0 spiro atoms. The number of thiophene rings is 1. The van der Waals surface area contributed by atoms with Gasteiger partial charge in [0.1, 0.15) is 5.56 Å². The molecule has 0 radical (unpaired) electrons. The maximum Gasteiger partial charge on any atom is 0.263 e. The zero-order chi connectivity index (χ0) is 15.6. The quantitative estimate of drug-likeness (QED) is 0.940. The zero-order valence-corrected chi connectivity index (χ0v) is 13.2. The van der Waals surface area contributed by atoms with E-state index in [-0.39, 0.29) is 17.0 Å². The minimum absolute atomic E-state index is 0.174. The van der Waals surface area contributed by atoms with Crippen LogP contribution in [0.4, 0.5) is 0 Å². The molecule has 1 N–H and O–H groups in total. The van der Waals surface area contributed by atoms with Crippen molar-refractivity contribution in [3.05, 3.63) is 56.6 Å². The molecule has 116 valence electrons.